The Kier molecular flexibility index (Phi) is 10.6. The lowest BCUT2D eigenvalue weighted by Gasteiger charge is -2.48. The van der Waals surface area contributed by atoms with E-state index in [9.17, 15) is 0 Å². The van der Waals surface area contributed by atoms with Gasteiger partial charge >= 0.3 is 0 Å². The quantitative estimate of drug-likeness (QED) is 0.205. The van der Waals surface area contributed by atoms with Gasteiger partial charge in [-0.1, -0.05) is 92.9 Å². The molecule has 2 rings (SSSR count). The molecule has 2 saturated carbocycles. The van der Waals surface area contributed by atoms with E-state index in [-0.39, 0.29) is 22.0 Å². The van der Waals surface area contributed by atoms with Crippen molar-refractivity contribution in [1.82, 2.24) is 0 Å². The molecule has 2 nitrogen and oxygen atoms in total. The molecule has 0 amide bonds. The van der Waals surface area contributed by atoms with Crippen molar-refractivity contribution in [1.29, 1.82) is 0 Å². The molecule has 0 saturated heterocycles. The zero-order chi connectivity index (χ0) is 23.9. The zero-order valence-corrected chi connectivity index (χ0v) is 23.3. The molecular formula is C30H58O2. The number of hydrogen-bond donors (Lipinski definition) is 0. The third-order valence-electron chi connectivity index (χ3n) is 8.87. The molecule has 2 unspecified atom stereocenters. The van der Waals surface area contributed by atoms with E-state index >= 15 is 0 Å². The van der Waals surface area contributed by atoms with Crippen LogP contribution in [0.3, 0.4) is 0 Å². The van der Waals surface area contributed by atoms with Crippen LogP contribution < -0.4 is 0 Å². The molecule has 0 heterocycles. The lowest BCUT2D eigenvalue weighted by molar-refractivity contribution is -0.434. The van der Waals surface area contributed by atoms with Crippen molar-refractivity contribution in [2.45, 2.75) is 169 Å². The lowest BCUT2D eigenvalue weighted by atomic mass is 9.68. The van der Waals surface area contributed by atoms with Crippen LogP contribution in [-0.2, 0) is 9.78 Å². The molecule has 2 heteroatoms. The van der Waals surface area contributed by atoms with Crippen LogP contribution in [-0.4, -0.2) is 11.2 Å². The minimum Gasteiger partial charge on any atom is -0.229 e. The summed E-state index contributed by atoms with van der Waals surface area (Å²) < 4.78 is 0. The standard InChI is InChI=1S/C30H58O2/c1-9-21-27(3,4)23-29(7,25-17-13-11-14-18-25)31-32-30(8,24-28(5,6)22-10-2)26-19-15-12-16-20-26/h25-26H,9-24H2,1-8H3. The highest BCUT2D eigenvalue weighted by Gasteiger charge is 2.46. The highest BCUT2D eigenvalue weighted by molar-refractivity contribution is 4.93. The first-order valence-corrected chi connectivity index (χ1v) is 14.3. The molecule has 0 radical (unpaired) electrons. The van der Waals surface area contributed by atoms with Gasteiger partial charge in [0.05, 0.1) is 0 Å². The summed E-state index contributed by atoms with van der Waals surface area (Å²) in [5.74, 6) is 1.23. The van der Waals surface area contributed by atoms with E-state index in [2.05, 4.69) is 55.4 Å². The van der Waals surface area contributed by atoms with E-state index in [0.29, 0.717) is 11.8 Å². The van der Waals surface area contributed by atoms with Gasteiger partial charge in [0.15, 0.2) is 0 Å². The smallest absolute Gasteiger partial charge is 0.104 e. The Balaban J connectivity index is 2.25. The normalized spacial score (nSPS) is 23.6. The van der Waals surface area contributed by atoms with Gasteiger partial charge in [-0.25, -0.2) is 9.78 Å². The fourth-order valence-corrected chi connectivity index (χ4v) is 7.53. The Morgan fingerprint density at radius 3 is 1.12 bits per heavy atom. The van der Waals surface area contributed by atoms with Crippen molar-refractivity contribution in [2.24, 2.45) is 22.7 Å². The van der Waals surface area contributed by atoms with Crippen LogP contribution in [0.25, 0.3) is 0 Å². The second-order valence-electron chi connectivity index (χ2n) is 13.6. The van der Waals surface area contributed by atoms with Crippen LogP contribution in [0.4, 0.5) is 0 Å². The van der Waals surface area contributed by atoms with Gasteiger partial charge in [-0.3, -0.25) is 0 Å². The average Bonchev–Trinajstić information content (AvgIpc) is 2.73. The number of hydrogen-bond acceptors (Lipinski definition) is 2. The maximum absolute atomic E-state index is 6.79. The topological polar surface area (TPSA) is 18.5 Å². The first-order chi connectivity index (χ1) is 15.0. The summed E-state index contributed by atoms with van der Waals surface area (Å²) in [4.78, 5) is 13.6. The number of rotatable bonds is 13. The maximum atomic E-state index is 6.79. The van der Waals surface area contributed by atoms with Crippen LogP contribution in [0.15, 0.2) is 0 Å². The summed E-state index contributed by atoms with van der Waals surface area (Å²) in [5.41, 5.74) is 0.188. The summed E-state index contributed by atoms with van der Waals surface area (Å²) in [6.07, 6.45) is 20.5. The molecule has 32 heavy (non-hydrogen) atoms. The fraction of sp³-hybridized carbons (Fsp3) is 1.00. The van der Waals surface area contributed by atoms with Gasteiger partial charge in [0, 0.05) is 0 Å². The molecule has 2 aliphatic rings. The van der Waals surface area contributed by atoms with Gasteiger partial charge in [0.2, 0.25) is 0 Å². The van der Waals surface area contributed by atoms with E-state index in [4.69, 9.17) is 9.78 Å². The van der Waals surface area contributed by atoms with Crippen molar-refractivity contribution in [3.63, 3.8) is 0 Å². The van der Waals surface area contributed by atoms with Gasteiger partial charge < -0.3 is 0 Å². The first-order valence-electron chi connectivity index (χ1n) is 14.3. The van der Waals surface area contributed by atoms with Crippen LogP contribution in [0.1, 0.15) is 158 Å². The first kappa shape index (κ1) is 28.2. The predicted octanol–water partition coefficient (Wildman–Crippen LogP) is 10.0. The van der Waals surface area contributed by atoms with Gasteiger partial charge in [0.25, 0.3) is 0 Å². The van der Waals surface area contributed by atoms with Crippen molar-refractivity contribution in [3.8, 4) is 0 Å². The van der Waals surface area contributed by atoms with Gasteiger partial charge in [0.1, 0.15) is 11.2 Å². The molecule has 2 aliphatic carbocycles. The maximum Gasteiger partial charge on any atom is 0.104 e. The molecule has 0 N–H and O–H groups in total. The van der Waals surface area contributed by atoms with Crippen LogP contribution >= 0.6 is 0 Å². The Labute approximate surface area is 201 Å². The molecule has 0 spiro atoms. The van der Waals surface area contributed by atoms with Gasteiger partial charge in [-0.05, 0) is 87.9 Å². The predicted molar refractivity (Wildman–Crippen MR) is 139 cm³/mol. The van der Waals surface area contributed by atoms with Crippen molar-refractivity contribution in [3.05, 3.63) is 0 Å². The largest absolute Gasteiger partial charge is 0.229 e. The molecule has 2 fully saturated rings. The molecule has 2 atom stereocenters. The van der Waals surface area contributed by atoms with Crippen LogP contribution in [0, 0.1) is 22.7 Å². The third kappa shape index (κ3) is 8.30. The molecule has 0 aromatic rings. The van der Waals surface area contributed by atoms with E-state index in [1.807, 2.05) is 0 Å². The second kappa shape index (κ2) is 12.1. The van der Waals surface area contributed by atoms with E-state index in [0.717, 1.165) is 12.8 Å². The second-order valence-corrected chi connectivity index (χ2v) is 13.6. The van der Waals surface area contributed by atoms with E-state index < -0.39 is 0 Å². The summed E-state index contributed by atoms with van der Waals surface area (Å²) in [5, 5.41) is 0. The summed E-state index contributed by atoms with van der Waals surface area (Å²) >= 11 is 0. The molecule has 0 aliphatic heterocycles. The monoisotopic (exact) mass is 450 g/mol. The lowest BCUT2D eigenvalue weighted by Crippen LogP contribution is -2.48. The Bertz CT molecular complexity index is 479. The van der Waals surface area contributed by atoms with Crippen molar-refractivity contribution in [2.75, 3.05) is 0 Å². The zero-order valence-electron chi connectivity index (χ0n) is 23.3. The Morgan fingerprint density at radius 1 is 0.531 bits per heavy atom. The van der Waals surface area contributed by atoms with Crippen molar-refractivity contribution >= 4 is 0 Å². The molecule has 0 aromatic heterocycles. The minimum absolute atomic E-state index is 0.191. The highest BCUT2D eigenvalue weighted by atomic mass is 17.2. The van der Waals surface area contributed by atoms with Crippen LogP contribution in [0.5, 0.6) is 0 Å². The third-order valence-corrected chi connectivity index (χ3v) is 8.87. The molecule has 0 aromatic carbocycles. The summed E-state index contributed by atoms with van der Waals surface area (Å²) in [6, 6.07) is 0. The Hall–Kier alpha value is -0.0800. The van der Waals surface area contributed by atoms with Gasteiger partial charge in [-0.15, -0.1) is 0 Å². The Morgan fingerprint density at radius 2 is 0.844 bits per heavy atom. The van der Waals surface area contributed by atoms with E-state index in [1.165, 1.54) is 89.9 Å². The summed E-state index contributed by atoms with van der Waals surface area (Å²) in [7, 11) is 0. The van der Waals surface area contributed by atoms with E-state index in [1.54, 1.807) is 0 Å². The summed E-state index contributed by atoms with van der Waals surface area (Å²) in [6.45, 7) is 19.1. The molecule has 0 bridgehead atoms. The minimum atomic E-state index is -0.191. The SMILES string of the molecule is CCCC(C)(C)CC(C)(OOC(C)(CC(C)(C)CCC)C1CCCCC1)C1CCCCC1. The average molecular weight is 451 g/mol. The molecule has 190 valence electrons. The van der Waals surface area contributed by atoms with Crippen molar-refractivity contribution < 1.29 is 9.78 Å². The fourth-order valence-electron chi connectivity index (χ4n) is 7.53. The van der Waals surface area contributed by atoms with Crippen LogP contribution in [0.2, 0.25) is 0 Å². The van der Waals surface area contributed by atoms with Gasteiger partial charge in [-0.2, -0.15) is 0 Å². The highest BCUT2D eigenvalue weighted by Crippen LogP contribution is 2.48. The molecular weight excluding hydrogens is 392 g/mol.